The summed E-state index contributed by atoms with van der Waals surface area (Å²) in [5.74, 6) is 1.71. The SMILES string of the molecule is COc1cccc(-c2nnc3ccc(OCCNC(=O)Nc4cccs4)nn23)c1. The number of methoxy groups -OCH3 is 1. The van der Waals surface area contributed by atoms with Crippen molar-refractivity contribution in [3.63, 3.8) is 0 Å². The van der Waals surface area contributed by atoms with E-state index in [2.05, 4.69) is 25.9 Å². The van der Waals surface area contributed by atoms with E-state index < -0.39 is 0 Å². The topological polar surface area (TPSA) is 103 Å². The minimum atomic E-state index is -0.279. The summed E-state index contributed by atoms with van der Waals surface area (Å²) < 4.78 is 12.5. The summed E-state index contributed by atoms with van der Waals surface area (Å²) in [6.45, 7) is 0.606. The molecule has 3 heterocycles. The summed E-state index contributed by atoms with van der Waals surface area (Å²) >= 11 is 1.46. The fourth-order valence-corrected chi connectivity index (χ4v) is 3.23. The van der Waals surface area contributed by atoms with Crippen molar-refractivity contribution in [3.05, 3.63) is 53.9 Å². The van der Waals surface area contributed by atoms with Gasteiger partial charge in [0.2, 0.25) is 5.88 Å². The van der Waals surface area contributed by atoms with Gasteiger partial charge in [-0.15, -0.1) is 26.6 Å². The van der Waals surface area contributed by atoms with Gasteiger partial charge in [0, 0.05) is 11.6 Å². The smallest absolute Gasteiger partial charge is 0.319 e. The molecule has 4 rings (SSSR count). The molecule has 0 aliphatic rings. The van der Waals surface area contributed by atoms with Crippen LogP contribution in [0, 0.1) is 0 Å². The molecule has 0 atom stereocenters. The van der Waals surface area contributed by atoms with E-state index in [1.165, 1.54) is 11.3 Å². The summed E-state index contributed by atoms with van der Waals surface area (Å²) in [6.07, 6.45) is 0. The van der Waals surface area contributed by atoms with Crippen molar-refractivity contribution in [2.45, 2.75) is 0 Å². The van der Waals surface area contributed by atoms with Gasteiger partial charge >= 0.3 is 6.03 Å². The number of hydrogen-bond acceptors (Lipinski definition) is 7. The number of nitrogens with one attached hydrogen (secondary N) is 2. The lowest BCUT2D eigenvalue weighted by Crippen LogP contribution is -2.32. The first-order chi connectivity index (χ1) is 14.2. The van der Waals surface area contributed by atoms with Crippen molar-refractivity contribution >= 4 is 28.0 Å². The Balaban J connectivity index is 1.39. The lowest BCUT2D eigenvalue weighted by Gasteiger charge is -2.08. The van der Waals surface area contributed by atoms with Gasteiger partial charge in [-0.3, -0.25) is 5.32 Å². The predicted molar refractivity (Wildman–Crippen MR) is 110 cm³/mol. The molecular weight excluding hydrogens is 392 g/mol. The lowest BCUT2D eigenvalue weighted by molar-refractivity contribution is 0.246. The van der Waals surface area contributed by atoms with Gasteiger partial charge in [-0.05, 0) is 35.7 Å². The van der Waals surface area contributed by atoms with E-state index in [0.717, 1.165) is 16.3 Å². The standard InChI is InChI=1S/C19H18N6O3S/c1-27-14-5-2-4-13(12-14)18-23-22-15-7-8-16(24-25(15)18)28-10-9-20-19(26)21-17-6-3-11-29-17/h2-8,11-12H,9-10H2,1H3,(H2,20,21,26). The third kappa shape index (κ3) is 4.43. The number of carbonyl (C=O) groups excluding carboxylic acids is 1. The molecule has 0 saturated carbocycles. The Hall–Kier alpha value is -3.66. The van der Waals surface area contributed by atoms with Gasteiger partial charge in [-0.25, -0.2) is 4.79 Å². The fourth-order valence-electron chi connectivity index (χ4n) is 2.62. The highest BCUT2D eigenvalue weighted by atomic mass is 32.1. The maximum absolute atomic E-state index is 11.8. The molecule has 0 radical (unpaired) electrons. The normalized spacial score (nSPS) is 10.7. The van der Waals surface area contributed by atoms with Gasteiger partial charge < -0.3 is 14.8 Å². The number of benzene rings is 1. The van der Waals surface area contributed by atoms with Crippen LogP contribution in [0.5, 0.6) is 11.6 Å². The molecule has 0 spiro atoms. The molecule has 3 aromatic heterocycles. The first-order valence-electron chi connectivity index (χ1n) is 8.81. The highest BCUT2D eigenvalue weighted by Gasteiger charge is 2.11. The van der Waals surface area contributed by atoms with Gasteiger partial charge in [0.25, 0.3) is 0 Å². The highest BCUT2D eigenvalue weighted by Crippen LogP contribution is 2.23. The molecule has 0 aliphatic heterocycles. The number of aromatic nitrogens is 4. The number of rotatable bonds is 7. The second-order valence-electron chi connectivity index (χ2n) is 5.90. The van der Waals surface area contributed by atoms with Gasteiger partial charge in [0.15, 0.2) is 11.5 Å². The maximum atomic E-state index is 11.8. The fraction of sp³-hybridized carbons (Fsp3) is 0.158. The summed E-state index contributed by atoms with van der Waals surface area (Å²) in [6, 6.07) is 14.4. The van der Waals surface area contributed by atoms with E-state index in [1.807, 2.05) is 41.8 Å². The molecule has 0 aliphatic carbocycles. The minimum absolute atomic E-state index is 0.271. The molecule has 2 amide bonds. The van der Waals surface area contributed by atoms with Crippen LogP contribution in [-0.4, -0.2) is 46.1 Å². The molecule has 0 bridgehead atoms. The molecule has 0 fully saturated rings. The molecule has 2 N–H and O–H groups in total. The average Bonchev–Trinajstić information content (AvgIpc) is 3.40. The lowest BCUT2D eigenvalue weighted by atomic mass is 10.2. The summed E-state index contributed by atoms with van der Waals surface area (Å²) in [7, 11) is 1.61. The molecule has 29 heavy (non-hydrogen) atoms. The molecule has 0 saturated heterocycles. The number of ether oxygens (including phenoxy) is 2. The Bertz CT molecular complexity index is 1110. The quantitative estimate of drug-likeness (QED) is 0.454. The van der Waals surface area contributed by atoms with Crippen LogP contribution in [0.4, 0.5) is 9.80 Å². The van der Waals surface area contributed by atoms with Gasteiger partial charge in [-0.1, -0.05) is 12.1 Å². The number of carbonyl (C=O) groups is 1. The zero-order valence-electron chi connectivity index (χ0n) is 15.5. The van der Waals surface area contributed by atoms with Crippen molar-refractivity contribution in [3.8, 4) is 23.0 Å². The van der Waals surface area contributed by atoms with Gasteiger partial charge in [-0.2, -0.15) is 4.52 Å². The summed E-state index contributed by atoms with van der Waals surface area (Å²) in [5.41, 5.74) is 1.43. The highest BCUT2D eigenvalue weighted by molar-refractivity contribution is 7.14. The Morgan fingerprint density at radius 1 is 1.17 bits per heavy atom. The van der Waals surface area contributed by atoms with Crippen LogP contribution < -0.4 is 20.1 Å². The van der Waals surface area contributed by atoms with E-state index in [1.54, 1.807) is 23.8 Å². The van der Waals surface area contributed by atoms with Crippen LogP contribution in [0.3, 0.4) is 0 Å². The average molecular weight is 410 g/mol. The minimum Gasteiger partial charge on any atom is -0.497 e. The Kier molecular flexibility index (Phi) is 5.52. The van der Waals surface area contributed by atoms with E-state index >= 15 is 0 Å². The van der Waals surface area contributed by atoms with Gasteiger partial charge in [0.05, 0.1) is 18.7 Å². The van der Waals surface area contributed by atoms with Crippen molar-refractivity contribution in [2.75, 3.05) is 25.6 Å². The van der Waals surface area contributed by atoms with Crippen LogP contribution >= 0.6 is 11.3 Å². The van der Waals surface area contributed by atoms with Crippen LogP contribution in [0.25, 0.3) is 17.0 Å². The molecule has 0 unspecified atom stereocenters. The Labute approximate surface area is 170 Å². The monoisotopic (exact) mass is 410 g/mol. The van der Waals surface area contributed by atoms with Crippen molar-refractivity contribution < 1.29 is 14.3 Å². The number of thiophene rings is 1. The van der Waals surface area contributed by atoms with Crippen molar-refractivity contribution in [1.82, 2.24) is 25.1 Å². The van der Waals surface area contributed by atoms with Crippen molar-refractivity contribution in [1.29, 1.82) is 0 Å². The third-order valence-corrected chi connectivity index (χ3v) is 4.75. The van der Waals surface area contributed by atoms with Crippen LogP contribution in [0.15, 0.2) is 53.9 Å². The molecule has 10 heteroatoms. The van der Waals surface area contributed by atoms with E-state index in [4.69, 9.17) is 9.47 Å². The van der Waals surface area contributed by atoms with Crippen molar-refractivity contribution in [2.24, 2.45) is 0 Å². The number of nitrogens with zero attached hydrogens (tertiary/aromatic N) is 4. The molecule has 1 aromatic carbocycles. The first kappa shape index (κ1) is 18.7. The zero-order valence-corrected chi connectivity index (χ0v) is 16.3. The van der Waals surface area contributed by atoms with E-state index in [0.29, 0.717) is 23.9 Å². The Morgan fingerprint density at radius 3 is 2.93 bits per heavy atom. The molecule has 9 nitrogen and oxygen atoms in total. The molecule has 148 valence electrons. The summed E-state index contributed by atoms with van der Waals surface area (Å²) in [5, 5.41) is 20.9. The predicted octanol–water partition coefficient (Wildman–Crippen LogP) is 3.06. The second-order valence-corrected chi connectivity index (χ2v) is 6.85. The maximum Gasteiger partial charge on any atom is 0.319 e. The Morgan fingerprint density at radius 2 is 2.10 bits per heavy atom. The van der Waals surface area contributed by atoms with E-state index in [9.17, 15) is 4.79 Å². The number of amides is 2. The number of urea groups is 1. The van der Waals surface area contributed by atoms with Crippen LogP contribution in [0.2, 0.25) is 0 Å². The molecular formula is C19H18N6O3S. The largest absolute Gasteiger partial charge is 0.497 e. The third-order valence-electron chi connectivity index (χ3n) is 3.96. The number of anilines is 1. The van der Waals surface area contributed by atoms with Gasteiger partial charge in [0.1, 0.15) is 12.4 Å². The number of hydrogen-bond donors (Lipinski definition) is 2. The van der Waals surface area contributed by atoms with E-state index in [-0.39, 0.29) is 12.6 Å². The number of fused-ring (bicyclic) bond motifs is 1. The zero-order chi connectivity index (χ0) is 20.1. The summed E-state index contributed by atoms with van der Waals surface area (Å²) in [4.78, 5) is 11.8. The molecule has 4 aromatic rings. The van der Waals surface area contributed by atoms with Crippen LogP contribution in [-0.2, 0) is 0 Å². The van der Waals surface area contributed by atoms with Crippen LogP contribution in [0.1, 0.15) is 0 Å². The second kappa shape index (κ2) is 8.57. The first-order valence-corrected chi connectivity index (χ1v) is 9.69.